The summed E-state index contributed by atoms with van der Waals surface area (Å²) in [7, 11) is 2.10. The van der Waals surface area contributed by atoms with Crippen LogP contribution in [0.25, 0.3) is 0 Å². The van der Waals surface area contributed by atoms with Gasteiger partial charge in [0, 0.05) is 11.6 Å². The summed E-state index contributed by atoms with van der Waals surface area (Å²) in [4.78, 5) is 0. The Morgan fingerprint density at radius 2 is 1.84 bits per heavy atom. The number of rotatable bonds is 6. The van der Waals surface area contributed by atoms with Crippen LogP contribution in [0.2, 0.25) is 0 Å². The van der Waals surface area contributed by atoms with Crippen LogP contribution in [0.3, 0.4) is 0 Å². The molecule has 130 valence electrons. The summed E-state index contributed by atoms with van der Waals surface area (Å²) in [6.07, 6.45) is 1.94. The van der Waals surface area contributed by atoms with Crippen molar-refractivity contribution in [3.63, 3.8) is 0 Å². The van der Waals surface area contributed by atoms with Gasteiger partial charge in [0.15, 0.2) is 0 Å². The summed E-state index contributed by atoms with van der Waals surface area (Å²) < 4.78 is 7.68. The van der Waals surface area contributed by atoms with Crippen LogP contribution in [-0.2, 0) is 12.0 Å². The van der Waals surface area contributed by atoms with E-state index in [-0.39, 0.29) is 5.41 Å². The van der Waals surface area contributed by atoms with E-state index in [1.54, 1.807) is 0 Å². The molecule has 2 aromatic carbocycles. The zero-order chi connectivity index (χ0) is 17.9. The van der Waals surface area contributed by atoms with Crippen LogP contribution in [0.15, 0.2) is 53.6 Å². The van der Waals surface area contributed by atoms with Gasteiger partial charge in [-0.25, -0.2) is 0 Å². The second-order valence-electron chi connectivity index (χ2n) is 6.76. The van der Waals surface area contributed by atoms with E-state index in [1.807, 2.05) is 25.3 Å². The number of nitrogens with zero attached hydrogens (tertiary/aromatic N) is 2. The molecule has 0 bridgehead atoms. The first kappa shape index (κ1) is 17.2. The molecule has 0 saturated heterocycles. The first-order valence-electron chi connectivity index (χ1n) is 8.72. The van der Waals surface area contributed by atoms with Gasteiger partial charge in [-0.15, -0.1) is 0 Å². The number of ether oxygens (including phenoxy) is 1. The average Bonchev–Trinajstić information content (AvgIpc) is 2.81. The van der Waals surface area contributed by atoms with Crippen molar-refractivity contribution in [2.45, 2.75) is 32.7 Å². The van der Waals surface area contributed by atoms with Gasteiger partial charge in [0.1, 0.15) is 19.0 Å². The number of hydrazone groups is 1. The lowest BCUT2D eigenvalue weighted by atomic mass is 9.82. The fourth-order valence-corrected chi connectivity index (χ4v) is 3.34. The molecule has 0 radical (unpaired) electrons. The lowest BCUT2D eigenvalue weighted by molar-refractivity contribution is -0.400. The summed E-state index contributed by atoms with van der Waals surface area (Å²) in [6.45, 7) is 7.84. The highest BCUT2D eigenvalue weighted by Gasteiger charge is 2.43. The second kappa shape index (κ2) is 7.09. The van der Waals surface area contributed by atoms with Crippen LogP contribution in [-0.4, -0.2) is 30.2 Å². The lowest BCUT2D eigenvalue weighted by Crippen LogP contribution is -2.30. The number of hydrogen-bond acceptors (Lipinski definition) is 3. The van der Waals surface area contributed by atoms with Crippen LogP contribution < -0.4 is 10.2 Å². The Morgan fingerprint density at radius 3 is 2.52 bits per heavy atom. The molecule has 0 aliphatic carbocycles. The summed E-state index contributed by atoms with van der Waals surface area (Å²) in [5.74, 6) is 0.900. The normalized spacial score (nSPS) is 15.5. The molecule has 0 aromatic heterocycles. The minimum Gasteiger partial charge on any atom is -0.494 e. The molecule has 1 aliphatic rings. The number of benzene rings is 2. The quantitative estimate of drug-likeness (QED) is 0.494. The zero-order valence-electron chi connectivity index (χ0n) is 15.4. The van der Waals surface area contributed by atoms with Crippen LogP contribution in [0, 0.1) is 0 Å². The molecule has 25 heavy (non-hydrogen) atoms. The predicted octanol–water partition coefficient (Wildman–Crippen LogP) is 3.87. The number of nitrogens with one attached hydrogen (secondary N) is 1. The maximum absolute atomic E-state index is 5.46. The predicted molar refractivity (Wildman–Crippen MR) is 103 cm³/mol. The Bertz CT molecular complexity index is 804. The average molecular weight is 336 g/mol. The third kappa shape index (κ3) is 3.43. The van der Waals surface area contributed by atoms with E-state index in [9.17, 15) is 0 Å². The number of hydrogen-bond donors (Lipinski definition) is 1. The van der Waals surface area contributed by atoms with Crippen LogP contribution in [0.1, 0.15) is 31.9 Å². The fourth-order valence-electron chi connectivity index (χ4n) is 3.34. The van der Waals surface area contributed by atoms with Crippen molar-refractivity contribution < 1.29 is 9.31 Å². The number of fused-ring (bicyclic) bond motifs is 1. The maximum atomic E-state index is 5.46. The molecule has 1 aliphatic heterocycles. The van der Waals surface area contributed by atoms with Crippen molar-refractivity contribution in [2.75, 3.05) is 13.7 Å². The molecule has 4 heteroatoms. The summed E-state index contributed by atoms with van der Waals surface area (Å²) in [5, 5.41) is 4.45. The van der Waals surface area contributed by atoms with Crippen molar-refractivity contribution in [3.05, 3.63) is 59.7 Å². The van der Waals surface area contributed by atoms with E-state index < -0.39 is 0 Å². The van der Waals surface area contributed by atoms with Crippen molar-refractivity contribution in [1.29, 1.82) is 0 Å². The molecule has 0 atom stereocenters. The van der Waals surface area contributed by atoms with Gasteiger partial charge in [0.25, 0.3) is 0 Å². The Labute approximate surface area is 149 Å². The Morgan fingerprint density at radius 1 is 1.12 bits per heavy atom. The molecule has 1 N–H and O–H groups in total. The molecule has 0 spiro atoms. The molecule has 2 aromatic rings. The minimum atomic E-state index is -0.0460. The van der Waals surface area contributed by atoms with Crippen molar-refractivity contribution in [1.82, 2.24) is 5.43 Å². The highest BCUT2D eigenvalue weighted by atomic mass is 16.5. The van der Waals surface area contributed by atoms with Gasteiger partial charge in [-0.2, -0.15) is 9.68 Å². The van der Waals surface area contributed by atoms with Gasteiger partial charge in [-0.3, -0.25) is 0 Å². The molecule has 0 unspecified atom stereocenters. The Hall–Kier alpha value is -2.62. The summed E-state index contributed by atoms with van der Waals surface area (Å²) in [5.41, 5.74) is 8.05. The SMILES string of the molecule is CCOc1ccc(CN/N=C/C2=[N+](C)c3ccccc3C2(C)C)cc1. The molecular formula is C21H26N3O+. The third-order valence-corrected chi connectivity index (χ3v) is 4.74. The minimum absolute atomic E-state index is 0.0460. The number of para-hydroxylation sites is 1. The topological polar surface area (TPSA) is 36.6 Å². The standard InChI is InChI=1S/C21H25N3O/c1-5-25-17-12-10-16(11-13-17)14-22-23-15-20-21(2,3)18-8-6-7-9-19(18)24(20)4/h6-13,15H,5,14H2,1-4H3/p+1. The molecule has 4 nitrogen and oxygen atoms in total. The highest BCUT2D eigenvalue weighted by Crippen LogP contribution is 2.37. The van der Waals surface area contributed by atoms with Gasteiger partial charge < -0.3 is 10.2 Å². The van der Waals surface area contributed by atoms with Gasteiger partial charge in [-0.05, 0) is 38.5 Å². The molecule has 0 saturated carbocycles. The monoisotopic (exact) mass is 336 g/mol. The van der Waals surface area contributed by atoms with Crippen LogP contribution >= 0.6 is 0 Å². The third-order valence-electron chi connectivity index (χ3n) is 4.74. The van der Waals surface area contributed by atoms with Gasteiger partial charge >= 0.3 is 0 Å². The zero-order valence-corrected chi connectivity index (χ0v) is 15.4. The highest BCUT2D eigenvalue weighted by molar-refractivity contribution is 6.33. The smallest absolute Gasteiger partial charge is 0.212 e. The molecule has 0 amide bonds. The summed E-state index contributed by atoms with van der Waals surface area (Å²) >= 11 is 0. The first-order chi connectivity index (χ1) is 12.0. The van der Waals surface area contributed by atoms with Crippen LogP contribution in [0.4, 0.5) is 5.69 Å². The van der Waals surface area contributed by atoms with E-state index >= 15 is 0 Å². The molecule has 1 heterocycles. The van der Waals surface area contributed by atoms with Crippen LogP contribution in [0.5, 0.6) is 5.75 Å². The van der Waals surface area contributed by atoms with E-state index in [0.29, 0.717) is 13.2 Å². The molecule has 3 rings (SSSR count). The van der Waals surface area contributed by atoms with E-state index in [1.165, 1.54) is 22.5 Å². The summed E-state index contributed by atoms with van der Waals surface area (Å²) in [6, 6.07) is 16.6. The van der Waals surface area contributed by atoms with Gasteiger partial charge in [0.05, 0.1) is 18.6 Å². The van der Waals surface area contributed by atoms with Crippen molar-refractivity contribution in [3.8, 4) is 5.75 Å². The van der Waals surface area contributed by atoms with E-state index in [4.69, 9.17) is 4.74 Å². The van der Waals surface area contributed by atoms with Gasteiger partial charge in [0.2, 0.25) is 11.4 Å². The second-order valence-corrected chi connectivity index (χ2v) is 6.76. The van der Waals surface area contributed by atoms with Crippen molar-refractivity contribution >= 4 is 17.6 Å². The first-order valence-corrected chi connectivity index (χ1v) is 8.72. The Kier molecular flexibility index (Phi) is 4.88. The Balaban J connectivity index is 1.66. The van der Waals surface area contributed by atoms with E-state index in [0.717, 1.165) is 5.75 Å². The largest absolute Gasteiger partial charge is 0.494 e. The molecular weight excluding hydrogens is 310 g/mol. The van der Waals surface area contributed by atoms with Gasteiger partial charge in [-0.1, -0.05) is 30.3 Å². The molecule has 0 fully saturated rings. The lowest BCUT2D eigenvalue weighted by Gasteiger charge is -2.14. The van der Waals surface area contributed by atoms with E-state index in [2.05, 4.69) is 72.4 Å². The fraction of sp³-hybridized carbons (Fsp3) is 0.333. The maximum Gasteiger partial charge on any atom is 0.212 e. The van der Waals surface area contributed by atoms with Crippen molar-refractivity contribution in [2.24, 2.45) is 5.10 Å².